The van der Waals surface area contributed by atoms with Crippen molar-refractivity contribution in [2.75, 3.05) is 18.5 Å². The van der Waals surface area contributed by atoms with Crippen LogP contribution >= 0.6 is 22.6 Å². The minimum Gasteiger partial charge on any atom is -0.387 e. The summed E-state index contributed by atoms with van der Waals surface area (Å²) in [6.45, 7) is 2.42. The molecule has 0 bridgehead atoms. The Bertz CT molecular complexity index is 444. The topological polar surface area (TPSA) is 98.9 Å². The van der Waals surface area contributed by atoms with Crippen LogP contribution in [-0.4, -0.2) is 29.4 Å². The molecule has 16 heavy (non-hydrogen) atoms. The zero-order valence-electron chi connectivity index (χ0n) is 9.12. The maximum absolute atomic E-state index is 11.4. The first-order valence-electron chi connectivity index (χ1n) is 4.71. The molecule has 1 aromatic heterocycles. The van der Waals surface area contributed by atoms with E-state index in [4.69, 9.17) is 11.1 Å². The molecule has 0 aliphatic carbocycles. The third-order valence-electron chi connectivity index (χ3n) is 2.22. The summed E-state index contributed by atoms with van der Waals surface area (Å²) in [7, 11) is 1.82. The minimum absolute atomic E-state index is 0.0677. The van der Waals surface area contributed by atoms with E-state index >= 15 is 0 Å². The number of hydrogen-bond donors (Lipinski definition) is 3. The lowest BCUT2D eigenvalue weighted by Crippen LogP contribution is -2.33. The van der Waals surface area contributed by atoms with Crippen molar-refractivity contribution in [2.45, 2.75) is 6.92 Å². The van der Waals surface area contributed by atoms with Crippen LogP contribution in [0.25, 0.3) is 0 Å². The molecule has 0 spiro atoms. The first kappa shape index (κ1) is 12.9. The van der Waals surface area contributed by atoms with E-state index in [0.29, 0.717) is 15.9 Å². The van der Waals surface area contributed by atoms with Crippen molar-refractivity contribution in [1.29, 1.82) is 5.41 Å². The SMILES string of the molecule is CC(CN(C)c1nc[nH]c(=O)c1I)C(=N)N. The van der Waals surface area contributed by atoms with Crippen molar-refractivity contribution in [3.63, 3.8) is 0 Å². The van der Waals surface area contributed by atoms with Gasteiger partial charge >= 0.3 is 0 Å². The van der Waals surface area contributed by atoms with Gasteiger partial charge in [0.1, 0.15) is 9.39 Å². The number of anilines is 1. The van der Waals surface area contributed by atoms with Gasteiger partial charge in [0.2, 0.25) is 0 Å². The van der Waals surface area contributed by atoms with Gasteiger partial charge in [0, 0.05) is 19.5 Å². The van der Waals surface area contributed by atoms with Crippen LogP contribution in [0.1, 0.15) is 6.92 Å². The van der Waals surface area contributed by atoms with Gasteiger partial charge in [-0.15, -0.1) is 0 Å². The number of nitrogens with two attached hydrogens (primary N) is 1. The summed E-state index contributed by atoms with van der Waals surface area (Å²) in [5.41, 5.74) is 5.24. The molecule has 1 heterocycles. The molecule has 88 valence electrons. The van der Waals surface area contributed by atoms with Gasteiger partial charge in [0.05, 0.1) is 12.2 Å². The standard InChI is InChI=1S/C9H14IN5O/c1-5(7(11)12)3-15(2)8-6(10)9(16)14-4-13-8/h4-5H,3H2,1-2H3,(H3,11,12)(H,13,14,16). The Labute approximate surface area is 107 Å². The average Bonchev–Trinajstić information content (AvgIpc) is 2.21. The molecule has 7 heteroatoms. The Hall–Kier alpha value is -1.12. The highest BCUT2D eigenvalue weighted by Gasteiger charge is 2.14. The molecule has 0 amide bonds. The van der Waals surface area contributed by atoms with Crippen LogP contribution in [-0.2, 0) is 0 Å². The summed E-state index contributed by atoms with van der Waals surface area (Å²) in [5.74, 6) is 0.672. The van der Waals surface area contributed by atoms with Crippen LogP contribution in [0, 0.1) is 14.9 Å². The molecule has 0 fully saturated rings. The summed E-state index contributed by atoms with van der Waals surface area (Å²) in [6.07, 6.45) is 1.37. The first-order valence-corrected chi connectivity index (χ1v) is 5.79. The number of aromatic amines is 1. The van der Waals surface area contributed by atoms with E-state index in [9.17, 15) is 4.79 Å². The number of nitrogens with one attached hydrogen (secondary N) is 2. The van der Waals surface area contributed by atoms with E-state index in [1.165, 1.54) is 6.33 Å². The predicted molar refractivity (Wildman–Crippen MR) is 71.9 cm³/mol. The molecular formula is C9H14IN5O. The fourth-order valence-corrected chi connectivity index (χ4v) is 1.94. The molecule has 1 atom stereocenters. The van der Waals surface area contributed by atoms with Crippen molar-refractivity contribution in [2.24, 2.45) is 11.7 Å². The monoisotopic (exact) mass is 335 g/mol. The zero-order valence-corrected chi connectivity index (χ0v) is 11.3. The summed E-state index contributed by atoms with van der Waals surface area (Å²) < 4.78 is 0.540. The van der Waals surface area contributed by atoms with Gasteiger partial charge < -0.3 is 15.6 Å². The fourth-order valence-electron chi connectivity index (χ4n) is 1.24. The van der Waals surface area contributed by atoms with E-state index in [1.807, 2.05) is 41.5 Å². The van der Waals surface area contributed by atoms with E-state index in [0.717, 1.165) is 0 Å². The Morgan fingerprint density at radius 2 is 2.44 bits per heavy atom. The van der Waals surface area contributed by atoms with Crippen molar-refractivity contribution in [3.8, 4) is 0 Å². The largest absolute Gasteiger partial charge is 0.387 e. The van der Waals surface area contributed by atoms with E-state index in [-0.39, 0.29) is 17.3 Å². The third-order valence-corrected chi connectivity index (χ3v) is 3.19. The lowest BCUT2D eigenvalue weighted by atomic mass is 10.1. The van der Waals surface area contributed by atoms with E-state index in [2.05, 4.69) is 9.97 Å². The molecule has 0 aliphatic heterocycles. The molecule has 4 N–H and O–H groups in total. The second-order valence-corrected chi connectivity index (χ2v) is 4.68. The van der Waals surface area contributed by atoms with Crippen molar-refractivity contribution in [1.82, 2.24) is 9.97 Å². The molecule has 0 aliphatic rings. The predicted octanol–water partition coefficient (Wildman–Crippen LogP) is 0.383. The number of H-pyrrole nitrogens is 1. The summed E-state index contributed by atoms with van der Waals surface area (Å²) in [4.78, 5) is 19.8. The maximum Gasteiger partial charge on any atom is 0.266 e. The van der Waals surface area contributed by atoms with Crippen LogP contribution in [0.15, 0.2) is 11.1 Å². The van der Waals surface area contributed by atoms with Crippen LogP contribution < -0.4 is 16.2 Å². The zero-order chi connectivity index (χ0) is 12.3. The molecule has 0 aromatic carbocycles. The van der Waals surface area contributed by atoms with Gasteiger partial charge in [-0.1, -0.05) is 6.92 Å². The number of rotatable bonds is 4. The molecule has 1 aromatic rings. The van der Waals surface area contributed by atoms with Gasteiger partial charge in [-0.25, -0.2) is 4.98 Å². The molecule has 1 rings (SSSR count). The Kier molecular flexibility index (Phi) is 4.27. The van der Waals surface area contributed by atoms with Gasteiger partial charge in [0.25, 0.3) is 5.56 Å². The summed E-state index contributed by atoms with van der Waals surface area (Å²) >= 11 is 1.95. The normalized spacial score (nSPS) is 12.2. The molecular weight excluding hydrogens is 321 g/mol. The fraction of sp³-hybridized carbons (Fsp3) is 0.444. The summed E-state index contributed by atoms with van der Waals surface area (Å²) in [6, 6.07) is 0. The number of amidine groups is 1. The van der Waals surface area contributed by atoms with Crippen LogP contribution in [0.5, 0.6) is 0 Å². The summed E-state index contributed by atoms with van der Waals surface area (Å²) in [5, 5.41) is 7.31. The molecule has 0 saturated carbocycles. The molecule has 1 unspecified atom stereocenters. The number of halogens is 1. The maximum atomic E-state index is 11.4. The highest BCUT2D eigenvalue weighted by molar-refractivity contribution is 14.1. The third kappa shape index (κ3) is 2.94. The second-order valence-electron chi connectivity index (χ2n) is 3.61. The minimum atomic E-state index is -0.159. The van der Waals surface area contributed by atoms with Crippen LogP contribution in [0.3, 0.4) is 0 Å². The lowest BCUT2D eigenvalue weighted by Gasteiger charge is -2.22. The smallest absolute Gasteiger partial charge is 0.266 e. The highest BCUT2D eigenvalue weighted by Crippen LogP contribution is 2.14. The quantitative estimate of drug-likeness (QED) is 0.421. The lowest BCUT2D eigenvalue weighted by molar-refractivity contribution is 0.719. The first-order chi connectivity index (χ1) is 7.43. The molecule has 6 nitrogen and oxygen atoms in total. The Balaban J connectivity index is 2.89. The van der Waals surface area contributed by atoms with Crippen molar-refractivity contribution < 1.29 is 0 Å². The number of nitrogens with zero attached hydrogens (tertiary/aromatic N) is 2. The van der Waals surface area contributed by atoms with Gasteiger partial charge in [0.15, 0.2) is 0 Å². The van der Waals surface area contributed by atoms with Gasteiger partial charge in [-0.3, -0.25) is 10.2 Å². The van der Waals surface area contributed by atoms with E-state index in [1.54, 1.807) is 0 Å². The Morgan fingerprint density at radius 1 is 1.81 bits per heavy atom. The van der Waals surface area contributed by atoms with Crippen LogP contribution in [0.4, 0.5) is 5.82 Å². The Morgan fingerprint density at radius 3 is 3.00 bits per heavy atom. The average molecular weight is 335 g/mol. The molecule has 0 saturated heterocycles. The van der Waals surface area contributed by atoms with E-state index < -0.39 is 0 Å². The highest BCUT2D eigenvalue weighted by atomic mass is 127. The number of hydrogen-bond acceptors (Lipinski definition) is 4. The van der Waals surface area contributed by atoms with Crippen LogP contribution in [0.2, 0.25) is 0 Å². The van der Waals surface area contributed by atoms with Gasteiger partial charge in [-0.05, 0) is 22.6 Å². The second kappa shape index (κ2) is 5.28. The molecule has 0 radical (unpaired) electrons. The number of aromatic nitrogens is 2. The van der Waals surface area contributed by atoms with Crippen molar-refractivity contribution in [3.05, 3.63) is 20.3 Å². The van der Waals surface area contributed by atoms with Crippen molar-refractivity contribution >= 4 is 34.2 Å². The van der Waals surface area contributed by atoms with Gasteiger partial charge in [-0.2, -0.15) is 0 Å².